The molecule has 7 nitrogen and oxygen atoms in total. The van der Waals surface area contributed by atoms with Gasteiger partial charge in [0, 0.05) is 67.2 Å². The predicted molar refractivity (Wildman–Crippen MR) is 138 cm³/mol. The Balaban J connectivity index is 1.15. The van der Waals surface area contributed by atoms with Gasteiger partial charge in [-0.2, -0.15) is 0 Å². The summed E-state index contributed by atoms with van der Waals surface area (Å²) < 4.78 is 19.9. The number of carbonyl (C=O) groups is 1. The number of halogens is 1. The Morgan fingerprint density at radius 3 is 2.69 bits per heavy atom. The van der Waals surface area contributed by atoms with Gasteiger partial charge in [0.05, 0.1) is 18.8 Å². The van der Waals surface area contributed by atoms with Crippen molar-refractivity contribution in [3.05, 3.63) is 60.0 Å². The van der Waals surface area contributed by atoms with E-state index in [1.807, 2.05) is 37.4 Å². The molecule has 1 saturated carbocycles. The van der Waals surface area contributed by atoms with Crippen molar-refractivity contribution in [2.45, 2.75) is 37.9 Å². The molecule has 2 unspecified atom stereocenters. The molecular formula is C28H32FN5O2. The van der Waals surface area contributed by atoms with Crippen LogP contribution >= 0.6 is 0 Å². The number of hydrogen-bond donors (Lipinski definition) is 1. The van der Waals surface area contributed by atoms with Crippen molar-refractivity contribution in [2.24, 2.45) is 5.92 Å². The Kier molecular flexibility index (Phi) is 5.88. The van der Waals surface area contributed by atoms with Crippen molar-refractivity contribution in [3.63, 3.8) is 0 Å². The molecule has 36 heavy (non-hydrogen) atoms. The van der Waals surface area contributed by atoms with Crippen LogP contribution in [0, 0.1) is 12.8 Å². The summed E-state index contributed by atoms with van der Waals surface area (Å²) >= 11 is 0. The van der Waals surface area contributed by atoms with E-state index in [0.717, 1.165) is 49.1 Å². The summed E-state index contributed by atoms with van der Waals surface area (Å²) in [4.78, 5) is 26.3. The zero-order valence-corrected chi connectivity index (χ0v) is 20.8. The van der Waals surface area contributed by atoms with Crippen LogP contribution in [0.3, 0.4) is 0 Å². The average Bonchev–Trinajstić information content (AvgIpc) is 3.63. The van der Waals surface area contributed by atoms with Crippen molar-refractivity contribution < 1.29 is 13.9 Å². The van der Waals surface area contributed by atoms with E-state index in [0.29, 0.717) is 12.4 Å². The lowest BCUT2D eigenvalue weighted by Crippen LogP contribution is -2.59. The van der Waals surface area contributed by atoms with E-state index in [1.54, 1.807) is 6.20 Å². The van der Waals surface area contributed by atoms with E-state index in [9.17, 15) is 9.18 Å². The number of anilines is 2. The van der Waals surface area contributed by atoms with Gasteiger partial charge in [0.25, 0.3) is 0 Å². The number of aromatic nitrogens is 2. The van der Waals surface area contributed by atoms with Gasteiger partial charge < -0.3 is 15.0 Å². The van der Waals surface area contributed by atoms with E-state index in [4.69, 9.17) is 4.74 Å². The summed E-state index contributed by atoms with van der Waals surface area (Å²) in [6.07, 6.45) is 3.47. The molecule has 1 amide bonds. The first-order valence-electron chi connectivity index (χ1n) is 12.8. The van der Waals surface area contributed by atoms with Crippen LogP contribution in [-0.4, -0.2) is 71.9 Å². The molecule has 4 atom stereocenters. The molecule has 8 heteroatoms. The highest BCUT2D eigenvalue weighted by Crippen LogP contribution is 2.47. The topological polar surface area (TPSA) is 70.6 Å². The third-order valence-electron chi connectivity index (χ3n) is 8.16. The van der Waals surface area contributed by atoms with E-state index in [-0.39, 0.29) is 24.3 Å². The molecule has 6 rings (SSSR count). The highest BCUT2D eigenvalue weighted by atomic mass is 19.1. The molecule has 1 aromatic carbocycles. The van der Waals surface area contributed by atoms with Gasteiger partial charge in [0.2, 0.25) is 5.91 Å². The molecule has 1 aliphatic carbocycles. The van der Waals surface area contributed by atoms with E-state index >= 15 is 0 Å². The molecule has 0 radical (unpaired) electrons. The number of amides is 1. The number of ether oxygens (including phenoxy) is 1. The Morgan fingerprint density at radius 1 is 1.14 bits per heavy atom. The molecule has 0 bridgehead atoms. The Bertz CT molecular complexity index is 1280. The van der Waals surface area contributed by atoms with Crippen LogP contribution in [0.4, 0.5) is 15.9 Å². The highest BCUT2D eigenvalue weighted by molar-refractivity contribution is 5.97. The second-order valence-corrected chi connectivity index (χ2v) is 10.6. The number of nitrogens with zero attached hydrogens (tertiary/aromatic N) is 4. The van der Waals surface area contributed by atoms with Gasteiger partial charge in [-0.05, 0) is 61.5 Å². The van der Waals surface area contributed by atoms with Crippen LogP contribution in [0.5, 0.6) is 0 Å². The van der Waals surface area contributed by atoms with Crippen LogP contribution in [0.1, 0.15) is 30.5 Å². The minimum absolute atomic E-state index is 0.00323. The Morgan fingerprint density at radius 2 is 1.97 bits per heavy atom. The number of pyridine rings is 2. The zero-order chi connectivity index (χ0) is 24.9. The number of hydrogen-bond acceptors (Lipinski definition) is 6. The molecule has 188 valence electrons. The minimum Gasteiger partial charge on any atom is -0.376 e. The van der Waals surface area contributed by atoms with Gasteiger partial charge in [-0.1, -0.05) is 6.07 Å². The maximum absolute atomic E-state index is 14.5. The second-order valence-electron chi connectivity index (χ2n) is 10.6. The van der Waals surface area contributed by atoms with Gasteiger partial charge in [-0.3, -0.25) is 14.7 Å². The molecule has 4 heterocycles. The largest absolute Gasteiger partial charge is 0.376 e. The summed E-state index contributed by atoms with van der Waals surface area (Å²) in [5, 5.41) is 5.09. The van der Waals surface area contributed by atoms with E-state index in [1.165, 1.54) is 11.3 Å². The monoisotopic (exact) mass is 489 g/mol. The van der Waals surface area contributed by atoms with E-state index in [2.05, 4.69) is 44.1 Å². The Labute approximate surface area is 210 Å². The van der Waals surface area contributed by atoms with Gasteiger partial charge in [0.1, 0.15) is 12.0 Å². The lowest BCUT2D eigenvalue weighted by molar-refractivity contribution is -0.117. The smallest absolute Gasteiger partial charge is 0.229 e. The number of rotatable bonds is 5. The molecule has 2 aliphatic heterocycles. The van der Waals surface area contributed by atoms with Crippen LogP contribution in [0.15, 0.2) is 48.8 Å². The zero-order valence-electron chi connectivity index (χ0n) is 20.8. The maximum atomic E-state index is 14.5. The molecule has 3 fully saturated rings. The SMILES string of the molecule is Cc1cc2cnc(NC(=O)C3CC3c3ccccn3)cc2cc1N1CCN([C@@]2(C)COC[C@H]2F)CC1. The quantitative estimate of drug-likeness (QED) is 0.586. The number of nitrogens with one attached hydrogen (secondary N) is 1. The number of aryl methyl sites for hydroxylation is 1. The summed E-state index contributed by atoms with van der Waals surface area (Å²) in [7, 11) is 0. The summed E-state index contributed by atoms with van der Waals surface area (Å²) in [6, 6.07) is 12.1. The van der Waals surface area contributed by atoms with Gasteiger partial charge >= 0.3 is 0 Å². The van der Waals surface area contributed by atoms with Crippen LogP contribution in [0.2, 0.25) is 0 Å². The fourth-order valence-corrected chi connectivity index (χ4v) is 5.72. The first-order valence-corrected chi connectivity index (χ1v) is 12.8. The van der Waals surface area contributed by atoms with Crippen LogP contribution in [-0.2, 0) is 9.53 Å². The molecule has 2 saturated heterocycles. The number of fused-ring (bicyclic) bond motifs is 1. The lowest BCUT2D eigenvalue weighted by atomic mass is 9.96. The fraction of sp³-hybridized carbons (Fsp3) is 0.464. The maximum Gasteiger partial charge on any atom is 0.229 e. The summed E-state index contributed by atoms with van der Waals surface area (Å²) in [6.45, 7) is 8.00. The Hall–Kier alpha value is -3.10. The standard InChI is InChI=1S/C28H32FN5O2/c1-18-11-20-15-31-26(32-27(35)22-14-21(22)23-5-3-4-6-30-23)13-19(20)12-24(18)33-7-9-34(10-8-33)28(2)17-36-16-25(28)29/h3-6,11-13,15,21-22,25H,7-10,14,16-17H2,1-2H3,(H,31,32,35)/t21?,22?,25-,28+/m1/s1. The minimum atomic E-state index is -0.942. The summed E-state index contributed by atoms with van der Waals surface area (Å²) in [5.74, 6) is 0.696. The second kappa shape index (κ2) is 9.09. The number of carbonyl (C=O) groups excluding carboxylic acids is 1. The first kappa shape index (κ1) is 23.3. The predicted octanol–water partition coefficient (Wildman–Crippen LogP) is 3.93. The highest BCUT2D eigenvalue weighted by Gasteiger charge is 2.46. The van der Waals surface area contributed by atoms with Gasteiger partial charge in [-0.25, -0.2) is 9.37 Å². The molecule has 1 N–H and O–H groups in total. The van der Waals surface area contributed by atoms with Crippen LogP contribution in [0.25, 0.3) is 10.8 Å². The van der Waals surface area contributed by atoms with Gasteiger partial charge in [0.15, 0.2) is 0 Å². The van der Waals surface area contributed by atoms with Crippen molar-refractivity contribution in [2.75, 3.05) is 49.6 Å². The average molecular weight is 490 g/mol. The summed E-state index contributed by atoms with van der Waals surface area (Å²) in [5.41, 5.74) is 2.80. The van der Waals surface area contributed by atoms with Crippen molar-refractivity contribution >= 4 is 28.2 Å². The first-order chi connectivity index (χ1) is 17.4. The number of alkyl halides is 1. The van der Waals surface area contributed by atoms with Crippen molar-refractivity contribution in [1.29, 1.82) is 0 Å². The number of piperazine rings is 1. The molecular weight excluding hydrogens is 457 g/mol. The van der Waals surface area contributed by atoms with Crippen molar-refractivity contribution in [3.8, 4) is 0 Å². The fourth-order valence-electron chi connectivity index (χ4n) is 5.72. The third-order valence-corrected chi connectivity index (χ3v) is 8.16. The van der Waals surface area contributed by atoms with E-state index < -0.39 is 11.7 Å². The molecule has 3 aromatic rings. The molecule has 0 spiro atoms. The van der Waals surface area contributed by atoms with Crippen LogP contribution < -0.4 is 10.2 Å². The molecule has 3 aliphatic rings. The number of benzene rings is 1. The third kappa shape index (κ3) is 4.22. The lowest BCUT2D eigenvalue weighted by Gasteiger charge is -2.45. The molecule has 2 aromatic heterocycles. The van der Waals surface area contributed by atoms with Crippen molar-refractivity contribution in [1.82, 2.24) is 14.9 Å². The van der Waals surface area contributed by atoms with Gasteiger partial charge in [-0.15, -0.1) is 0 Å². The normalized spacial score (nSPS) is 28.4.